The Bertz CT molecular complexity index is 2050. The summed E-state index contributed by atoms with van der Waals surface area (Å²) in [5.74, 6) is 0.279. The molecule has 0 bridgehead atoms. The Kier molecular flexibility index (Phi) is 11.3. The van der Waals surface area contributed by atoms with Crippen LogP contribution in [0.3, 0.4) is 0 Å². The molecule has 0 spiro atoms. The smallest absolute Gasteiger partial charge is 0.408 e. The Hall–Kier alpha value is -5.73. The van der Waals surface area contributed by atoms with Crippen LogP contribution in [0.15, 0.2) is 140 Å². The second-order valence-electron chi connectivity index (χ2n) is 15.6. The highest BCUT2D eigenvalue weighted by Gasteiger charge is 2.40. The minimum absolute atomic E-state index is 0.0504. The van der Waals surface area contributed by atoms with Gasteiger partial charge >= 0.3 is 6.09 Å². The fraction of sp³-hybridized carbons (Fsp3) is 0.283. The van der Waals surface area contributed by atoms with Gasteiger partial charge in [0.2, 0.25) is 0 Å². The van der Waals surface area contributed by atoms with E-state index in [0.29, 0.717) is 13.0 Å². The van der Waals surface area contributed by atoms with Gasteiger partial charge in [-0.2, -0.15) is 0 Å². The summed E-state index contributed by atoms with van der Waals surface area (Å²) < 4.78 is 7.80. The summed E-state index contributed by atoms with van der Waals surface area (Å²) in [6.45, 7) is 12.6. The predicted molar refractivity (Wildman–Crippen MR) is 214 cm³/mol. The fourth-order valence-electron chi connectivity index (χ4n) is 6.67. The van der Waals surface area contributed by atoms with E-state index in [1.807, 2.05) is 109 Å². The Morgan fingerprint density at radius 2 is 1.19 bits per heavy atom. The average molecular weight is 723 g/mol. The Labute approximate surface area is 318 Å². The maximum absolute atomic E-state index is 14.3. The zero-order valence-electron chi connectivity index (χ0n) is 32.0. The number of amides is 2. The van der Waals surface area contributed by atoms with Gasteiger partial charge in [-0.3, -0.25) is 9.63 Å². The van der Waals surface area contributed by atoms with Gasteiger partial charge in [-0.1, -0.05) is 148 Å². The first kappa shape index (κ1) is 38.0. The average Bonchev–Trinajstić information content (AvgIpc) is 3.50. The lowest BCUT2D eigenvalue weighted by molar-refractivity contribution is -0.145. The molecule has 0 saturated heterocycles. The molecule has 0 aliphatic carbocycles. The normalized spacial score (nSPS) is 12.6. The molecule has 6 aromatic rings. The van der Waals surface area contributed by atoms with Gasteiger partial charge in [0.05, 0.1) is 11.0 Å². The van der Waals surface area contributed by atoms with Crippen LogP contribution in [0.1, 0.15) is 81.6 Å². The van der Waals surface area contributed by atoms with Crippen molar-refractivity contribution >= 4 is 23.0 Å². The number of aryl methyl sites for hydroxylation is 1. The molecule has 1 aromatic heterocycles. The molecule has 54 heavy (non-hydrogen) atoms. The minimum Gasteiger partial charge on any atom is -0.444 e. The van der Waals surface area contributed by atoms with E-state index in [0.717, 1.165) is 39.1 Å². The van der Waals surface area contributed by atoms with Crippen molar-refractivity contribution in [1.82, 2.24) is 20.3 Å². The maximum atomic E-state index is 14.3. The van der Waals surface area contributed by atoms with E-state index in [1.54, 1.807) is 20.8 Å². The summed E-state index contributed by atoms with van der Waals surface area (Å²) in [5.41, 5.74) is 7.60. The molecular formula is C46H50N4O4. The van der Waals surface area contributed by atoms with E-state index >= 15 is 0 Å². The number of ether oxygens (including phenoxy) is 1. The van der Waals surface area contributed by atoms with E-state index in [4.69, 9.17) is 14.6 Å². The molecule has 0 fully saturated rings. The van der Waals surface area contributed by atoms with E-state index in [9.17, 15) is 9.59 Å². The molecule has 0 aliphatic heterocycles. The van der Waals surface area contributed by atoms with Crippen LogP contribution >= 0.6 is 0 Å². The summed E-state index contributed by atoms with van der Waals surface area (Å²) in [7, 11) is 0. The first-order valence-corrected chi connectivity index (χ1v) is 18.5. The number of alkyl carbamates (subject to hydrolysis) is 1. The van der Waals surface area contributed by atoms with Crippen LogP contribution < -0.4 is 10.8 Å². The maximum Gasteiger partial charge on any atom is 0.408 e. The number of hydrogen-bond donors (Lipinski definition) is 2. The number of imidazole rings is 1. The molecule has 8 nitrogen and oxygen atoms in total. The van der Waals surface area contributed by atoms with Gasteiger partial charge in [0.25, 0.3) is 5.91 Å². The van der Waals surface area contributed by atoms with Crippen LogP contribution in [0.25, 0.3) is 11.0 Å². The number of carbonyl (C=O) groups excluding carboxylic acids is 2. The summed E-state index contributed by atoms with van der Waals surface area (Å²) in [6.07, 6.45) is -0.0740. The molecule has 6 rings (SSSR count). The molecule has 1 atom stereocenters. The Morgan fingerprint density at radius 3 is 1.70 bits per heavy atom. The van der Waals surface area contributed by atoms with Crippen LogP contribution in [-0.4, -0.2) is 33.2 Å². The molecule has 2 N–H and O–H groups in total. The zero-order chi connectivity index (χ0) is 38.3. The third-order valence-electron chi connectivity index (χ3n) is 9.40. The quantitative estimate of drug-likeness (QED) is 0.0971. The number of nitrogens with one attached hydrogen (secondary N) is 2. The lowest BCUT2D eigenvalue weighted by atomic mass is 9.80. The molecular weight excluding hydrogens is 673 g/mol. The predicted octanol–water partition coefficient (Wildman–Crippen LogP) is 9.25. The highest BCUT2D eigenvalue weighted by Crippen LogP contribution is 2.39. The monoisotopic (exact) mass is 722 g/mol. The van der Waals surface area contributed by atoms with E-state index in [2.05, 4.69) is 66.5 Å². The van der Waals surface area contributed by atoms with E-state index in [1.165, 1.54) is 5.56 Å². The van der Waals surface area contributed by atoms with Crippen LogP contribution in [0.2, 0.25) is 0 Å². The summed E-state index contributed by atoms with van der Waals surface area (Å²) >= 11 is 0. The zero-order valence-corrected chi connectivity index (χ0v) is 32.0. The first-order chi connectivity index (χ1) is 25.8. The van der Waals surface area contributed by atoms with Crippen molar-refractivity contribution in [2.75, 3.05) is 0 Å². The van der Waals surface area contributed by atoms with Gasteiger partial charge in [0.1, 0.15) is 17.5 Å². The third kappa shape index (κ3) is 8.89. The van der Waals surface area contributed by atoms with Crippen molar-refractivity contribution in [1.29, 1.82) is 0 Å². The molecule has 0 aliphatic rings. The highest BCUT2D eigenvalue weighted by molar-refractivity contribution is 5.85. The lowest BCUT2D eigenvalue weighted by Gasteiger charge is -2.35. The van der Waals surface area contributed by atoms with E-state index < -0.39 is 29.2 Å². The van der Waals surface area contributed by atoms with Crippen molar-refractivity contribution in [2.45, 2.75) is 83.6 Å². The molecule has 5 aromatic carbocycles. The van der Waals surface area contributed by atoms with Gasteiger partial charge in [0.15, 0.2) is 5.60 Å². The second kappa shape index (κ2) is 16.1. The summed E-state index contributed by atoms with van der Waals surface area (Å²) in [5, 5.41) is 2.83. The largest absolute Gasteiger partial charge is 0.444 e. The third-order valence-corrected chi connectivity index (χ3v) is 9.40. The molecule has 8 heteroatoms. The summed E-state index contributed by atoms with van der Waals surface area (Å²) in [4.78, 5) is 39.2. The highest BCUT2D eigenvalue weighted by atomic mass is 16.7. The second-order valence-corrected chi connectivity index (χ2v) is 15.6. The Balaban J connectivity index is 1.31. The Morgan fingerprint density at radius 1 is 0.667 bits per heavy atom. The van der Waals surface area contributed by atoms with Gasteiger partial charge in [-0.05, 0) is 72.6 Å². The molecule has 1 heterocycles. The van der Waals surface area contributed by atoms with Crippen molar-refractivity contribution in [3.63, 3.8) is 0 Å². The number of carbonyl (C=O) groups is 2. The number of hydroxylamine groups is 1. The number of rotatable bonds is 12. The van der Waals surface area contributed by atoms with E-state index in [-0.39, 0.29) is 11.8 Å². The molecule has 0 radical (unpaired) electrons. The van der Waals surface area contributed by atoms with Crippen LogP contribution in [0, 0.1) is 0 Å². The number of nitrogens with zero attached hydrogens (tertiary/aromatic N) is 2. The lowest BCUT2D eigenvalue weighted by Crippen LogP contribution is -2.50. The van der Waals surface area contributed by atoms with Gasteiger partial charge in [0, 0.05) is 13.0 Å². The minimum atomic E-state index is -1.20. The van der Waals surface area contributed by atoms with Crippen LogP contribution in [0.5, 0.6) is 0 Å². The number of benzene rings is 5. The van der Waals surface area contributed by atoms with Crippen molar-refractivity contribution < 1.29 is 19.2 Å². The van der Waals surface area contributed by atoms with Crippen molar-refractivity contribution in [3.8, 4) is 0 Å². The topological polar surface area (TPSA) is 94.5 Å². The number of aromatic nitrogens is 2. The number of fused-ring (bicyclic) bond motifs is 1. The number of para-hydroxylation sites is 2. The SMILES string of the molecule is CC(C)(C)OC(=O)N[C@@H](CCc1nc2ccccc2n1Cc1ccc(C(C)(C)C)cc1)C(=O)NOC(c1ccccc1)(c1ccccc1)c1ccccc1. The standard InChI is InChI=1S/C46H50N4O4/c1-44(2,3)34-28-26-33(27-29-34)32-50-40-25-17-16-24-38(40)47-41(50)31-30-39(48-43(52)53-45(4,5)6)42(51)49-54-46(35-18-10-7-11-19-35,36-20-12-8-13-21-36)37-22-14-9-15-23-37/h7-29,39H,30-32H2,1-6H3,(H,48,52)(H,49,51)/t39-/m0/s1. The fourth-order valence-corrected chi connectivity index (χ4v) is 6.67. The van der Waals surface area contributed by atoms with Crippen molar-refractivity contribution in [2.24, 2.45) is 0 Å². The summed E-state index contributed by atoms with van der Waals surface area (Å²) in [6, 6.07) is 45.0. The molecule has 2 amide bonds. The van der Waals surface area contributed by atoms with Crippen molar-refractivity contribution in [3.05, 3.63) is 173 Å². The van der Waals surface area contributed by atoms with Gasteiger partial charge in [-0.25, -0.2) is 15.3 Å². The number of hydrogen-bond acceptors (Lipinski definition) is 5. The molecule has 278 valence electrons. The van der Waals surface area contributed by atoms with Gasteiger partial charge < -0.3 is 14.6 Å². The van der Waals surface area contributed by atoms with Gasteiger partial charge in [-0.15, -0.1) is 0 Å². The van der Waals surface area contributed by atoms with Crippen LogP contribution in [0.4, 0.5) is 4.79 Å². The molecule has 0 saturated carbocycles. The first-order valence-electron chi connectivity index (χ1n) is 18.5. The van der Waals surface area contributed by atoms with Crippen LogP contribution in [-0.2, 0) is 38.4 Å². The molecule has 0 unspecified atom stereocenters.